The van der Waals surface area contributed by atoms with Crippen LogP contribution in [0.1, 0.15) is 48.9 Å². The van der Waals surface area contributed by atoms with E-state index in [1.807, 2.05) is 0 Å². The minimum Gasteiger partial charge on any atom is -0.347 e. The summed E-state index contributed by atoms with van der Waals surface area (Å²) in [5.41, 5.74) is -2.22. The second-order valence-corrected chi connectivity index (χ2v) is 9.76. The van der Waals surface area contributed by atoms with E-state index in [-0.39, 0.29) is 54.8 Å². The number of carbonyl (C=O) groups excluding carboxylic acids is 1. The predicted molar refractivity (Wildman–Crippen MR) is 96.3 cm³/mol. The summed E-state index contributed by atoms with van der Waals surface area (Å²) >= 11 is 5.94. The number of fused-ring (bicyclic) bond motifs is 3. The zero-order valence-corrected chi connectivity index (χ0v) is 16.2. The normalized spacial score (nSPS) is 28.0. The zero-order valence-electron chi connectivity index (χ0n) is 14.6. The predicted octanol–water partition coefficient (Wildman–Crippen LogP) is 4.10. The SMILES string of the molecule is CS(=O)(=O)Nc1ccc(Cl)cc1C(=O)NC12CCC(C(F)(F)F)(CC1)CC2. The molecule has 3 aliphatic carbocycles. The van der Waals surface area contributed by atoms with E-state index in [0.29, 0.717) is 0 Å². The molecule has 0 aliphatic heterocycles. The lowest BCUT2D eigenvalue weighted by Crippen LogP contribution is -2.59. The molecule has 10 heteroatoms. The van der Waals surface area contributed by atoms with E-state index in [4.69, 9.17) is 11.6 Å². The van der Waals surface area contributed by atoms with Crippen LogP contribution in [-0.4, -0.2) is 32.3 Å². The monoisotopic (exact) mass is 424 g/mol. The van der Waals surface area contributed by atoms with E-state index in [1.54, 1.807) is 0 Å². The molecule has 3 aliphatic rings. The Morgan fingerprint density at radius 1 is 1.11 bits per heavy atom. The van der Waals surface area contributed by atoms with Crippen molar-refractivity contribution in [1.29, 1.82) is 0 Å². The topological polar surface area (TPSA) is 75.3 Å². The Labute approximate surface area is 160 Å². The molecule has 0 unspecified atom stereocenters. The van der Waals surface area contributed by atoms with Crippen molar-refractivity contribution in [2.45, 2.75) is 50.2 Å². The van der Waals surface area contributed by atoms with Crippen molar-refractivity contribution in [2.24, 2.45) is 5.41 Å². The van der Waals surface area contributed by atoms with E-state index >= 15 is 0 Å². The van der Waals surface area contributed by atoms with Crippen LogP contribution in [-0.2, 0) is 10.0 Å². The Morgan fingerprint density at radius 3 is 2.15 bits per heavy atom. The molecule has 0 atom stereocenters. The maximum Gasteiger partial charge on any atom is 0.394 e. The summed E-state index contributed by atoms with van der Waals surface area (Å²) in [6.45, 7) is 0. The lowest BCUT2D eigenvalue weighted by molar-refractivity contribution is -0.253. The van der Waals surface area contributed by atoms with E-state index in [1.165, 1.54) is 18.2 Å². The maximum atomic E-state index is 13.4. The van der Waals surface area contributed by atoms with Gasteiger partial charge < -0.3 is 5.32 Å². The summed E-state index contributed by atoms with van der Waals surface area (Å²) in [5.74, 6) is -0.551. The number of benzene rings is 1. The van der Waals surface area contributed by atoms with Gasteiger partial charge in [0.2, 0.25) is 10.0 Å². The van der Waals surface area contributed by atoms with Gasteiger partial charge in [0.05, 0.1) is 22.9 Å². The fourth-order valence-electron chi connectivity index (χ4n) is 4.10. The molecule has 1 amide bonds. The van der Waals surface area contributed by atoms with Gasteiger partial charge in [-0.2, -0.15) is 13.2 Å². The van der Waals surface area contributed by atoms with E-state index in [0.717, 1.165) is 6.26 Å². The number of alkyl halides is 3. The summed E-state index contributed by atoms with van der Waals surface area (Å²) in [7, 11) is -3.61. The Balaban J connectivity index is 1.81. The van der Waals surface area contributed by atoms with E-state index < -0.39 is 33.1 Å². The molecule has 0 saturated heterocycles. The molecule has 2 N–H and O–H groups in total. The number of anilines is 1. The van der Waals surface area contributed by atoms with Crippen LogP contribution >= 0.6 is 11.6 Å². The average Bonchev–Trinajstić information content (AvgIpc) is 2.55. The number of sulfonamides is 1. The van der Waals surface area contributed by atoms with Gasteiger partial charge >= 0.3 is 6.18 Å². The number of carbonyl (C=O) groups is 1. The first-order valence-electron chi connectivity index (χ1n) is 8.52. The van der Waals surface area contributed by atoms with Gasteiger partial charge in [-0.05, 0) is 56.7 Å². The van der Waals surface area contributed by atoms with Gasteiger partial charge in [0.1, 0.15) is 0 Å². The summed E-state index contributed by atoms with van der Waals surface area (Å²) in [5, 5.41) is 3.11. The summed E-state index contributed by atoms with van der Waals surface area (Å²) < 4.78 is 65.4. The van der Waals surface area contributed by atoms with Crippen LogP contribution in [0.4, 0.5) is 18.9 Å². The molecule has 0 radical (unpaired) electrons. The Hall–Kier alpha value is -1.48. The molecular weight excluding hydrogens is 405 g/mol. The standard InChI is InChI=1S/C17H20ClF3N2O3S/c1-27(25,26)23-13-3-2-11(18)10-12(13)14(24)22-16-7-4-15(5-8-16,6-9-16)17(19,20)21/h2-3,10,23H,4-9H2,1H3,(H,22,24). The molecule has 0 spiro atoms. The first kappa shape index (κ1) is 20.3. The van der Waals surface area contributed by atoms with Gasteiger partial charge in [0.15, 0.2) is 0 Å². The minimum atomic E-state index is -4.23. The van der Waals surface area contributed by atoms with Crippen molar-refractivity contribution in [3.05, 3.63) is 28.8 Å². The number of amides is 1. The lowest BCUT2D eigenvalue weighted by atomic mass is 9.57. The van der Waals surface area contributed by atoms with Crippen molar-refractivity contribution in [3.8, 4) is 0 Å². The molecule has 0 heterocycles. The quantitative estimate of drug-likeness (QED) is 0.764. The second-order valence-electron chi connectivity index (χ2n) is 7.58. The highest BCUT2D eigenvalue weighted by Crippen LogP contribution is 2.59. The van der Waals surface area contributed by atoms with Gasteiger partial charge in [-0.15, -0.1) is 0 Å². The fraction of sp³-hybridized carbons (Fsp3) is 0.588. The molecule has 4 rings (SSSR count). The van der Waals surface area contributed by atoms with Crippen LogP contribution < -0.4 is 10.0 Å². The molecule has 3 saturated carbocycles. The van der Waals surface area contributed by atoms with Crippen molar-refractivity contribution in [1.82, 2.24) is 5.32 Å². The lowest BCUT2D eigenvalue weighted by Gasteiger charge is -2.53. The third kappa shape index (κ3) is 4.03. The molecule has 1 aromatic carbocycles. The highest BCUT2D eigenvalue weighted by Gasteiger charge is 2.61. The van der Waals surface area contributed by atoms with Crippen LogP contribution in [0.15, 0.2) is 18.2 Å². The third-order valence-electron chi connectivity index (χ3n) is 5.75. The number of nitrogens with one attached hydrogen (secondary N) is 2. The molecule has 3 fully saturated rings. The Kier molecular flexibility index (Phi) is 4.91. The highest BCUT2D eigenvalue weighted by atomic mass is 35.5. The molecular formula is C17H20ClF3N2O3S. The zero-order chi connectivity index (χ0) is 20.1. The smallest absolute Gasteiger partial charge is 0.347 e. The molecule has 5 nitrogen and oxygen atoms in total. The van der Waals surface area contributed by atoms with Crippen LogP contribution in [0.5, 0.6) is 0 Å². The highest BCUT2D eigenvalue weighted by molar-refractivity contribution is 7.92. The summed E-state index contributed by atoms with van der Waals surface area (Å²) in [6.07, 6.45) is -2.58. The second kappa shape index (κ2) is 6.55. The Morgan fingerprint density at radius 2 is 1.67 bits per heavy atom. The van der Waals surface area contributed by atoms with Crippen molar-refractivity contribution in [3.63, 3.8) is 0 Å². The van der Waals surface area contributed by atoms with Gasteiger partial charge in [0.25, 0.3) is 5.91 Å². The largest absolute Gasteiger partial charge is 0.394 e. The third-order valence-corrected chi connectivity index (χ3v) is 6.57. The van der Waals surface area contributed by atoms with E-state index in [2.05, 4.69) is 10.0 Å². The first-order chi connectivity index (χ1) is 12.3. The van der Waals surface area contributed by atoms with Gasteiger partial charge in [0, 0.05) is 10.6 Å². The number of hydrogen-bond donors (Lipinski definition) is 2. The van der Waals surface area contributed by atoms with Crippen molar-refractivity contribution < 1.29 is 26.4 Å². The van der Waals surface area contributed by atoms with Crippen molar-refractivity contribution in [2.75, 3.05) is 11.0 Å². The molecule has 2 bridgehead atoms. The first-order valence-corrected chi connectivity index (χ1v) is 10.8. The number of rotatable bonds is 4. The molecule has 27 heavy (non-hydrogen) atoms. The van der Waals surface area contributed by atoms with Gasteiger partial charge in [-0.25, -0.2) is 8.42 Å². The average molecular weight is 425 g/mol. The van der Waals surface area contributed by atoms with Crippen LogP contribution in [0, 0.1) is 5.41 Å². The number of hydrogen-bond acceptors (Lipinski definition) is 3. The minimum absolute atomic E-state index is 0.0131. The molecule has 1 aromatic rings. The van der Waals surface area contributed by atoms with Crippen LogP contribution in [0.3, 0.4) is 0 Å². The summed E-state index contributed by atoms with van der Waals surface area (Å²) in [4.78, 5) is 12.8. The fourth-order valence-corrected chi connectivity index (χ4v) is 4.85. The number of halogens is 4. The summed E-state index contributed by atoms with van der Waals surface area (Å²) in [6, 6.07) is 4.17. The van der Waals surface area contributed by atoms with Gasteiger partial charge in [-0.3, -0.25) is 9.52 Å². The molecule has 0 aromatic heterocycles. The Bertz CT molecular complexity index is 846. The maximum absolute atomic E-state index is 13.4. The van der Waals surface area contributed by atoms with E-state index in [9.17, 15) is 26.4 Å². The van der Waals surface area contributed by atoms with Gasteiger partial charge in [-0.1, -0.05) is 11.6 Å². The van der Waals surface area contributed by atoms with Crippen molar-refractivity contribution >= 4 is 33.2 Å². The molecule has 150 valence electrons. The van der Waals surface area contributed by atoms with Crippen LogP contribution in [0.2, 0.25) is 5.02 Å². The van der Waals surface area contributed by atoms with Crippen LogP contribution in [0.25, 0.3) is 0 Å².